The molecular formula is C20H27ClN2. The quantitative estimate of drug-likeness (QED) is 0.820. The lowest BCUT2D eigenvalue weighted by Crippen LogP contribution is -2.32. The van der Waals surface area contributed by atoms with Crippen molar-refractivity contribution in [3.63, 3.8) is 0 Å². The van der Waals surface area contributed by atoms with E-state index in [1.807, 2.05) is 18.2 Å². The molecule has 3 heteroatoms. The van der Waals surface area contributed by atoms with Crippen LogP contribution >= 0.6 is 11.6 Å². The molecule has 0 aliphatic rings. The van der Waals surface area contributed by atoms with Crippen LogP contribution in [0.3, 0.4) is 0 Å². The maximum absolute atomic E-state index is 6.35. The van der Waals surface area contributed by atoms with E-state index in [4.69, 9.17) is 17.3 Å². The Morgan fingerprint density at radius 1 is 0.957 bits per heavy atom. The average Bonchev–Trinajstić information content (AvgIpc) is 2.48. The van der Waals surface area contributed by atoms with Gasteiger partial charge in [-0.2, -0.15) is 0 Å². The molecule has 0 spiro atoms. The second-order valence-corrected chi connectivity index (χ2v) is 7.73. The Morgan fingerprint density at radius 2 is 1.65 bits per heavy atom. The summed E-state index contributed by atoms with van der Waals surface area (Å²) in [5.41, 5.74) is 9.64. The minimum atomic E-state index is 0.229. The van der Waals surface area contributed by atoms with Crippen molar-refractivity contribution in [3.05, 3.63) is 70.2 Å². The SMILES string of the molecule is CC(C)(C)CN(Cc1cccc(CN)c1)Cc1ccccc1Cl. The van der Waals surface area contributed by atoms with Gasteiger partial charge in [0.1, 0.15) is 0 Å². The van der Waals surface area contributed by atoms with Crippen LogP contribution in [-0.4, -0.2) is 11.4 Å². The Kier molecular flexibility index (Phi) is 6.23. The Balaban J connectivity index is 2.18. The Bertz CT molecular complexity index is 632. The molecule has 2 aromatic rings. The molecule has 23 heavy (non-hydrogen) atoms. The summed E-state index contributed by atoms with van der Waals surface area (Å²) in [7, 11) is 0. The normalized spacial score (nSPS) is 11.9. The fourth-order valence-electron chi connectivity index (χ4n) is 2.82. The van der Waals surface area contributed by atoms with Crippen LogP contribution in [0.2, 0.25) is 5.02 Å². The van der Waals surface area contributed by atoms with E-state index >= 15 is 0 Å². The summed E-state index contributed by atoms with van der Waals surface area (Å²) < 4.78 is 0. The highest BCUT2D eigenvalue weighted by Gasteiger charge is 2.18. The van der Waals surface area contributed by atoms with E-state index in [9.17, 15) is 0 Å². The van der Waals surface area contributed by atoms with Gasteiger partial charge in [-0.3, -0.25) is 4.90 Å². The molecule has 0 fully saturated rings. The lowest BCUT2D eigenvalue weighted by Gasteiger charge is -2.30. The minimum Gasteiger partial charge on any atom is -0.326 e. The predicted octanol–water partition coefficient (Wildman–Crippen LogP) is 4.85. The number of nitrogens with two attached hydrogens (primary N) is 1. The molecule has 0 unspecified atom stereocenters. The van der Waals surface area contributed by atoms with Crippen molar-refractivity contribution < 1.29 is 0 Å². The molecule has 0 saturated heterocycles. The molecule has 2 rings (SSSR count). The van der Waals surface area contributed by atoms with Crippen LogP contribution in [0.5, 0.6) is 0 Å². The molecule has 2 nitrogen and oxygen atoms in total. The highest BCUT2D eigenvalue weighted by Crippen LogP contribution is 2.23. The zero-order valence-electron chi connectivity index (χ0n) is 14.3. The molecule has 0 aromatic heterocycles. The summed E-state index contributed by atoms with van der Waals surface area (Å²) in [6.07, 6.45) is 0. The lowest BCUT2D eigenvalue weighted by molar-refractivity contribution is 0.176. The monoisotopic (exact) mass is 330 g/mol. The van der Waals surface area contributed by atoms with Crippen molar-refractivity contribution in [2.75, 3.05) is 6.54 Å². The predicted molar refractivity (Wildman–Crippen MR) is 99.4 cm³/mol. The Labute approximate surface area is 145 Å². The summed E-state index contributed by atoms with van der Waals surface area (Å²) in [4.78, 5) is 2.46. The van der Waals surface area contributed by atoms with Gasteiger partial charge in [-0.15, -0.1) is 0 Å². The van der Waals surface area contributed by atoms with Gasteiger partial charge in [-0.1, -0.05) is 74.8 Å². The second-order valence-electron chi connectivity index (χ2n) is 7.32. The van der Waals surface area contributed by atoms with E-state index < -0.39 is 0 Å². The molecule has 0 amide bonds. The van der Waals surface area contributed by atoms with Crippen LogP contribution in [-0.2, 0) is 19.6 Å². The summed E-state index contributed by atoms with van der Waals surface area (Å²) in [6.45, 7) is 10.1. The van der Waals surface area contributed by atoms with Crippen molar-refractivity contribution in [1.82, 2.24) is 4.90 Å². The maximum atomic E-state index is 6.35. The molecule has 0 atom stereocenters. The number of nitrogens with zero attached hydrogens (tertiary/aromatic N) is 1. The first-order chi connectivity index (χ1) is 10.9. The maximum Gasteiger partial charge on any atom is 0.0451 e. The molecular weight excluding hydrogens is 304 g/mol. The van der Waals surface area contributed by atoms with E-state index in [-0.39, 0.29) is 5.41 Å². The molecule has 0 saturated carbocycles. The number of rotatable bonds is 6. The van der Waals surface area contributed by atoms with Gasteiger partial charge < -0.3 is 5.73 Å². The van der Waals surface area contributed by atoms with E-state index in [2.05, 4.69) is 56.0 Å². The fraction of sp³-hybridized carbons (Fsp3) is 0.400. The Hall–Kier alpha value is -1.35. The molecule has 0 bridgehead atoms. The highest BCUT2D eigenvalue weighted by molar-refractivity contribution is 6.31. The van der Waals surface area contributed by atoms with Crippen LogP contribution in [0.15, 0.2) is 48.5 Å². The lowest BCUT2D eigenvalue weighted by atomic mass is 9.95. The van der Waals surface area contributed by atoms with Gasteiger partial charge in [0.2, 0.25) is 0 Å². The molecule has 0 aliphatic heterocycles. The molecule has 0 aliphatic carbocycles. The van der Waals surface area contributed by atoms with Gasteiger partial charge >= 0.3 is 0 Å². The summed E-state index contributed by atoms with van der Waals surface area (Å²) in [5.74, 6) is 0. The topological polar surface area (TPSA) is 29.3 Å². The van der Waals surface area contributed by atoms with Gasteiger partial charge in [0, 0.05) is 31.2 Å². The standard InChI is InChI=1S/C20H27ClN2/c1-20(2,3)15-23(14-18-9-4-5-10-19(18)21)13-17-8-6-7-16(11-17)12-22/h4-11H,12-15,22H2,1-3H3. The zero-order valence-corrected chi connectivity index (χ0v) is 15.1. The van der Waals surface area contributed by atoms with Crippen molar-refractivity contribution >= 4 is 11.6 Å². The van der Waals surface area contributed by atoms with Crippen molar-refractivity contribution in [1.29, 1.82) is 0 Å². The van der Waals surface area contributed by atoms with Crippen LogP contribution in [0.1, 0.15) is 37.5 Å². The molecule has 0 heterocycles. The smallest absolute Gasteiger partial charge is 0.0451 e. The first-order valence-corrected chi connectivity index (χ1v) is 8.49. The van der Waals surface area contributed by atoms with E-state index in [1.165, 1.54) is 16.7 Å². The third-order valence-corrected chi connectivity index (χ3v) is 4.05. The number of hydrogen-bond acceptors (Lipinski definition) is 2. The van der Waals surface area contributed by atoms with Crippen molar-refractivity contribution in [3.8, 4) is 0 Å². The first kappa shape index (κ1) is 18.0. The first-order valence-electron chi connectivity index (χ1n) is 8.11. The van der Waals surface area contributed by atoms with Crippen molar-refractivity contribution in [2.45, 2.75) is 40.4 Å². The third kappa shape index (κ3) is 5.98. The molecule has 0 radical (unpaired) electrons. The van der Waals surface area contributed by atoms with Gasteiger partial charge in [-0.05, 0) is 28.2 Å². The summed E-state index contributed by atoms with van der Waals surface area (Å²) in [6, 6.07) is 16.6. The fourth-order valence-corrected chi connectivity index (χ4v) is 3.01. The van der Waals surface area contributed by atoms with Crippen LogP contribution in [0.4, 0.5) is 0 Å². The summed E-state index contributed by atoms with van der Waals surface area (Å²) in [5, 5.41) is 0.835. The van der Waals surface area contributed by atoms with E-state index in [1.54, 1.807) is 0 Å². The van der Waals surface area contributed by atoms with Crippen LogP contribution in [0, 0.1) is 5.41 Å². The average molecular weight is 331 g/mol. The Morgan fingerprint density at radius 3 is 2.30 bits per heavy atom. The van der Waals surface area contributed by atoms with E-state index in [0.717, 1.165) is 24.7 Å². The number of hydrogen-bond donors (Lipinski definition) is 1. The van der Waals surface area contributed by atoms with Crippen LogP contribution < -0.4 is 5.73 Å². The van der Waals surface area contributed by atoms with Gasteiger partial charge in [0.15, 0.2) is 0 Å². The largest absolute Gasteiger partial charge is 0.326 e. The van der Waals surface area contributed by atoms with E-state index in [0.29, 0.717) is 6.54 Å². The van der Waals surface area contributed by atoms with Gasteiger partial charge in [-0.25, -0.2) is 0 Å². The van der Waals surface area contributed by atoms with Gasteiger partial charge in [0.25, 0.3) is 0 Å². The van der Waals surface area contributed by atoms with Gasteiger partial charge in [0.05, 0.1) is 0 Å². The van der Waals surface area contributed by atoms with Crippen LogP contribution in [0.25, 0.3) is 0 Å². The minimum absolute atomic E-state index is 0.229. The molecule has 2 N–H and O–H groups in total. The third-order valence-electron chi connectivity index (χ3n) is 3.68. The second kappa shape index (κ2) is 7.96. The molecule has 2 aromatic carbocycles. The summed E-state index contributed by atoms with van der Waals surface area (Å²) >= 11 is 6.35. The van der Waals surface area contributed by atoms with Crippen molar-refractivity contribution in [2.24, 2.45) is 11.1 Å². The number of halogens is 1. The highest BCUT2D eigenvalue weighted by atomic mass is 35.5. The number of benzene rings is 2. The zero-order chi connectivity index (χ0) is 16.9. The molecule has 124 valence electrons.